The van der Waals surface area contributed by atoms with Crippen LogP contribution in [-0.4, -0.2) is 25.7 Å². The molecular formula is C19H22N2O2. The molecule has 0 saturated heterocycles. The minimum Gasteiger partial charge on any atom is -0.491 e. The molecule has 0 spiro atoms. The van der Waals surface area contributed by atoms with Crippen molar-refractivity contribution in [3.8, 4) is 5.75 Å². The summed E-state index contributed by atoms with van der Waals surface area (Å²) in [4.78, 5) is 14.1. The summed E-state index contributed by atoms with van der Waals surface area (Å²) in [7, 11) is 0. The summed E-state index contributed by atoms with van der Waals surface area (Å²) in [5.41, 5.74) is 4.58. The summed E-state index contributed by atoms with van der Waals surface area (Å²) < 4.78 is 5.74. The highest BCUT2D eigenvalue weighted by Crippen LogP contribution is 2.27. The van der Waals surface area contributed by atoms with Crippen molar-refractivity contribution in [3.05, 3.63) is 59.2 Å². The van der Waals surface area contributed by atoms with E-state index in [1.807, 2.05) is 37.3 Å². The van der Waals surface area contributed by atoms with E-state index >= 15 is 0 Å². The smallest absolute Gasteiger partial charge is 0.322 e. The Morgan fingerprint density at radius 3 is 2.87 bits per heavy atom. The number of nitrogens with one attached hydrogen (secondary N) is 1. The molecule has 0 aliphatic carbocycles. The summed E-state index contributed by atoms with van der Waals surface area (Å²) in [5.74, 6) is 0.872. The summed E-state index contributed by atoms with van der Waals surface area (Å²) in [6.07, 6.45) is 0.919. The predicted octanol–water partition coefficient (Wildman–Crippen LogP) is 3.45. The molecule has 2 aromatic rings. The van der Waals surface area contributed by atoms with Gasteiger partial charge in [0, 0.05) is 12.2 Å². The van der Waals surface area contributed by atoms with Crippen LogP contribution in [0.15, 0.2) is 42.5 Å². The largest absolute Gasteiger partial charge is 0.491 e. The minimum atomic E-state index is -0.0563. The summed E-state index contributed by atoms with van der Waals surface area (Å²) in [5, 5.41) is 2.93. The molecule has 0 aromatic heterocycles. The number of anilines is 1. The first-order chi connectivity index (χ1) is 11.1. The normalized spacial score (nSPS) is 12.9. The first kappa shape index (κ1) is 15.4. The minimum absolute atomic E-state index is 0.0563. The second-order valence-corrected chi connectivity index (χ2v) is 5.88. The molecule has 2 aromatic carbocycles. The zero-order chi connectivity index (χ0) is 16.2. The lowest BCUT2D eigenvalue weighted by Crippen LogP contribution is -2.40. The van der Waals surface area contributed by atoms with Gasteiger partial charge in [0.15, 0.2) is 0 Å². The van der Waals surface area contributed by atoms with Gasteiger partial charge in [0.25, 0.3) is 0 Å². The average molecular weight is 310 g/mol. The van der Waals surface area contributed by atoms with E-state index in [9.17, 15) is 4.79 Å². The molecule has 1 N–H and O–H groups in total. The Kier molecular flexibility index (Phi) is 4.51. The third-order valence-electron chi connectivity index (χ3n) is 4.10. The Bertz CT molecular complexity index is 712. The lowest BCUT2D eigenvalue weighted by molar-refractivity contribution is 0.242. The number of urea groups is 1. The van der Waals surface area contributed by atoms with Crippen molar-refractivity contribution in [2.24, 2.45) is 0 Å². The van der Waals surface area contributed by atoms with Crippen LogP contribution in [0.5, 0.6) is 5.75 Å². The first-order valence-electron chi connectivity index (χ1n) is 7.98. The van der Waals surface area contributed by atoms with Gasteiger partial charge in [0.2, 0.25) is 0 Å². The molecule has 0 radical (unpaired) electrons. The van der Waals surface area contributed by atoms with Gasteiger partial charge in [-0.25, -0.2) is 4.79 Å². The maximum Gasteiger partial charge on any atom is 0.322 e. The number of hydrogen-bond acceptors (Lipinski definition) is 2. The second kappa shape index (κ2) is 6.73. The van der Waals surface area contributed by atoms with E-state index in [-0.39, 0.29) is 6.03 Å². The zero-order valence-corrected chi connectivity index (χ0v) is 13.6. The Labute approximate surface area is 137 Å². The number of amides is 2. The highest BCUT2D eigenvalue weighted by Gasteiger charge is 2.23. The van der Waals surface area contributed by atoms with E-state index in [1.54, 1.807) is 4.90 Å². The maximum atomic E-state index is 12.3. The summed E-state index contributed by atoms with van der Waals surface area (Å²) >= 11 is 0. The molecule has 1 heterocycles. The van der Waals surface area contributed by atoms with Gasteiger partial charge >= 0.3 is 6.03 Å². The van der Waals surface area contributed by atoms with E-state index < -0.39 is 0 Å². The van der Waals surface area contributed by atoms with Gasteiger partial charge in [-0.15, -0.1) is 0 Å². The first-order valence-corrected chi connectivity index (χ1v) is 7.98. The lowest BCUT2D eigenvalue weighted by atomic mass is 10.1. The van der Waals surface area contributed by atoms with Crippen LogP contribution in [-0.2, 0) is 6.42 Å². The lowest BCUT2D eigenvalue weighted by Gasteiger charge is -2.18. The third kappa shape index (κ3) is 3.47. The number of para-hydroxylation sites is 1. The number of hydrogen-bond donors (Lipinski definition) is 1. The average Bonchev–Trinajstić information content (AvgIpc) is 2.97. The Hall–Kier alpha value is -2.49. The highest BCUT2D eigenvalue weighted by atomic mass is 16.5. The SMILES string of the molecule is Cc1ccc(OCCNC(=O)N2CCc3ccccc32)c(C)c1. The zero-order valence-electron chi connectivity index (χ0n) is 13.6. The van der Waals surface area contributed by atoms with Gasteiger partial charge in [-0.2, -0.15) is 0 Å². The number of aryl methyl sites for hydroxylation is 2. The van der Waals surface area contributed by atoms with Crippen molar-refractivity contribution in [1.29, 1.82) is 0 Å². The molecule has 0 saturated carbocycles. The number of rotatable bonds is 4. The highest BCUT2D eigenvalue weighted by molar-refractivity contribution is 5.94. The molecule has 0 bridgehead atoms. The number of benzene rings is 2. The number of nitrogens with zero attached hydrogens (tertiary/aromatic N) is 1. The Balaban J connectivity index is 1.49. The van der Waals surface area contributed by atoms with Crippen LogP contribution in [0, 0.1) is 13.8 Å². The van der Waals surface area contributed by atoms with Crippen molar-refractivity contribution in [1.82, 2.24) is 5.32 Å². The standard InChI is InChI=1S/C19H22N2O2/c1-14-7-8-18(15(2)13-14)23-12-10-20-19(22)21-11-9-16-5-3-4-6-17(16)21/h3-8,13H,9-12H2,1-2H3,(H,20,22). The molecule has 1 aliphatic rings. The molecule has 1 aliphatic heterocycles. The molecule has 2 amide bonds. The van der Waals surface area contributed by atoms with Crippen LogP contribution in [0.4, 0.5) is 10.5 Å². The summed E-state index contributed by atoms with van der Waals surface area (Å²) in [6.45, 7) is 5.78. The van der Waals surface area contributed by atoms with Crippen molar-refractivity contribution in [2.45, 2.75) is 20.3 Å². The molecule has 0 atom stereocenters. The molecule has 4 nitrogen and oxygen atoms in total. The van der Waals surface area contributed by atoms with Crippen molar-refractivity contribution in [3.63, 3.8) is 0 Å². The molecule has 120 valence electrons. The van der Waals surface area contributed by atoms with Gasteiger partial charge in [0.1, 0.15) is 12.4 Å². The second-order valence-electron chi connectivity index (χ2n) is 5.88. The topological polar surface area (TPSA) is 41.6 Å². The Morgan fingerprint density at radius 1 is 1.22 bits per heavy atom. The van der Waals surface area contributed by atoms with Gasteiger partial charge in [-0.3, -0.25) is 4.90 Å². The molecule has 3 rings (SSSR count). The van der Waals surface area contributed by atoms with Crippen LogP contribution in [0.25, 0.3) is 0 Å². The predicted molar refractivity (Wildman–Crippen MR) is 92.3 cm³/mol. The fourth-order valence-electron chi connectivity index (χ4n) is 2.92. The molecule has 4 heteroatoms. The fraction of sp³-hybridized carbons (Fsp3) is 0.316. The van der Waals surface area contributed by atoms with Crippen molar-refractivity contribution < 1.29 is 9.53 Å². The number of carbonyl (C=O) groups is 1. The van der Waals surface area contributed by atoms with Gasteiger partial charge < -0.3 is 10.1 Å². The van der Waals surface area contributed by atoms with E-state index in [2.05, 4.69) is 24.4 Å². The molecule has 0 unspecified atom stereocenters. The monoisotopic (exact) mass is 310 g/mol. The Morgan fingerprint density at radius 2 is 2.04 bits per heavy atom. The van der Waals surface area contributed by atoms with Crippen LogP contribution < -0.4 is 15.0 Å². The van der Waals surface area contributed by atoms with Gasteiger partial charge in [0.05, 0.1) is 6.54 Å². The third-order valence-corrected chi connectivity index (χ3v) is 4.10. The fourth-order valence-corrected chi connectivity index (χ4v) is 2.92. The van der Waals surface area contributed by atoms with Gasteiger partial charge in [-0.05, 0) is 43.5 Å². The summed E-state index contributed by atoms with van der Waals surface area (Å²) in [6, 6.07) is 14.1. The number of carbonyl (C=O) groups excluding carboxylic acids is 1. The van der Waals surface area contributed by atoms with Crippen LogP contribution >= 0.6 is 0 Å². The number of ether oxygens (including phenoxy) is 1. The van der Waals surface area contributed by atoms with Gasteiger partial charge in [-0.1, -0.05) is 35.9 Å². The van der Waals surface area contributed by atoms with Crippen molar-refractivity contribution >= 4 is 11.7 Å². The van der Waals surface area contributed by atoms with Crippen LogP contribution in [0.2, 0.25) is 0 Å². The van der Waals surface area contributed by atoms with Crippen LogP contribution in [0.3, 0.4) is 0 Å². The maximum absolute atomic E-state index is 12.3. The number of fused-ring (bicyclic) bond motifs is 1. The van der Waals surface area contributed by atoms with E-state index in [1.165, 1.54) is 11.1 Å². The van der Waals surface area contributed by atoms with Crippen LogP contribution in [0.1, 0.15) is 16.7 Å². The molecule has 23 heavy (non-hydrogen) atoms. The quantitative estimate of drug-likeness (QED) is 0.879. The van der Waals surface area contributed by atoms with E-state index in [4.69, 9.17) is 4.74 Å². The molecular weight excluding hydrogens is 288 g/mol. The van der Waals surface area contributed by atoms with Crippen molar-refractivity contribution in [2.75, 3.05) is 24.6 Å². The molecule has 0 fully saturated rings. The van der Waals surface area contributed by atoms with E-state index in [0.717, 1.165) is 30.0 Å². The van der Waals surface area contributed by atoms with E-state index in [0.29, 0.717) is 13.2 Å².